The standard InChI is InChI=1S/C9H10N6S/c1-15-5-6(4-13-15)3-12-9-7(2-10)8(11)14-16-9/h4-5,12H,3H2,1H3,(H2,11,14). The van der Waals surface area contributed by atoms with Crippen molar-refractivity contribution in [2.45, 2.75) is 6.54 Å². The van der Waals surface area contributed by atoms with Crippen LogP contribution in [0.1, 0.15) is 11.1 Å². The van der Waals surface area contributed by atoms with Gasteiger partial charge in [-0.1, -0.05) is 0 Å². The van der Waals surface area contributed by atoms with Crippen molar-refractivity contribution >= 4 is 22.4 Å². The van der Waals surface area contributed by atoms with E-state index in [1.807, 2.05) is 19.3 Å². The Morgan fingerprint density at radius 3 is 3.12 bits per heavy atom. The van der Waals surface area contributed by atoms with Gasteiger partial charge in [-0.3, -0.25) is 4.68 Å². The number of aryl methyl sites for hydroxylation is 1. The van der Waals surface area contributed by atoms with Crippen LogP contribution >= 0.6 is 11.5 Å². The number of nitriles is 1. The van der Waals surface area contributed by atoms with Crippen molar-refractivity contribution in [2.75, 3.05) is 11.1 Å². The molecule has 0 amide bonds. The topological polar surface area (TPSA) is 92.5 Å². The average molecular weight is 234 g/mol. The van der Waals surface area contributed by atoms with Crippen LogP contribution in [-0.4, -0.2) is 14.2 Å². The quantitative estimate of drug-likeness (QED) is 0.824. The SMILES string of the molecule is Cn1cc(CNc2snc(N)c2C#N)cn1. The Morgan fingerprint density at radius 1 is 1.69 bits per heavy atom. The highest BCUT2D eigenvalue weighted by molar-refractivity contribution is 7.10. The number of nitrogens with zero attached hydrogens (tertiary/aromatic N) is 4. The monoisotopic (exact) mass is 234 g/mol. The van der Waals surface area contributed by atoms with Gasteiger partial charge in [-0.15, -0.1) is 0 Å². The van der Waals surface area contributed by atoms with Crippen LogP contribution in [0.3, 0.4) is 0 Å². The third-order valence-electron chi connectivity index (χ3n) is 2.04. The van der Waals surface area contributed by atoms with E-state index < -0.39 is 0 Å². The number of hydrogen-bond donors (Lipinski definition) is 2. The molecule has 3 N–H and O–H groups in total. The summed E-state index contributed by atoms with van der Waals surface area (Å²) < 4.78 is 5.64. The Hall–Kier alpha value is -2.07. The number of nitrogens with two attached hydrogens (primary N) is 1. The molecular weight excluding hydrogens is 224 g/mol. The lowest BCUT2D eigenvalue weighted by molar-refractivity contribution is 0.767. The summed E-state index contributed by atoms with van der Waals surface area (Å²) in [4.78, 5) is 0. The first kappa shape index (κ1) is 10.4. The van der Waals surface area contributed by atoms with Crippen molar-refractivity contribution in [3.63, 3.8) is 0 Å². The van der Waals surface area contributed by atoms with Crippen molar-refractivity contribution in [3.8, 4) is 6.07 Å². The number of hydrogen-bond acceptors (Lipinski definition) is 6. The zero-order valence-electron chi connectivity index (χ0n) is 8.64. The fourth-order valence-electron chi connectivity index (χ4n) is 1.28. The second-order valence-corrected chi connectivity index (χ2v) is 4.03. The lowest BCUT2D eigenvalue weighted by atomic mass is 10.3. The molecule has 0 unspecified atom stereocenters. The van der Waals surface area contributed by atoms with Gasteiger partial charge in [0.25, 0.3) is 0 Å². The van der Waals surface area contributed by atoms with Gasteiger partial charge in [-0.25, -0.2) is 0 Å². The molecule has 0 saturated heterocycles. The second-order valence-electron chi connectivity index (χ2n) is 3.26. The Bertz CT molecular complexity index is 534. The summed E-state index contributed by atoms with van der Waals surface area (Å²) in [6.07, 6.45) is 3.67. The third-order valence-corrected chi connectivity index (χ3v) is 2.86. The maximum absolute atomic E-state index is 8.87. The van der Waals surface area contributed by atoms with Gasteiger partial charge >= 0.3 is 0 Å². The van der Waals surface area contributed by atoms with Crippen molar-refractivity contribution in [3.05, 3.63) is 23.5 Å². The van der Waals surface area contributed by atoms with Gasteiger partial charge in [0.1, 0.15) is 16.6 Å². The van der Waals surface area contributed by atoms with Gasteiger partial charge in [-0.2, -0.15) is 14.7 Å². The van der Waals surface area contributed by atoms with Gasteiger partial charge < -0.3 is 11.1 Å². The van der Waals surface area contributed by atoms with Gasteiger partial charge in [0.15, 0.2) is 5.82 Å². The zero-order valence-corrected chi connectivity index (χ0v) is 9.45. The van der Waals surface area contributed by atoms with Crippen LogP contribution in [-0.2, 0) is 13.6 Å². The highest BCUT2D eigenvalue weighted by atomic mass is 32.1. The maximum Gasteiger partial charge on any atom is 0.157 e. The van der Waals surface area contributed by atoms with E-state index in [9.17, 15) is 0 Å². The molecule has 2 rings (SSSR count). The van der Waals surface area contributed by atoms with E-state index in [2.05, 4.69) is 14.8 Å². The molecule has 0 aromatic carbocycles. The van der Waals surface area contributed by atoms with E-state index in [1.165, 1.54) is 11.5 Å². The van der Waals surface area contributed by atoms with Crippen LogP contribution in [0.2, 0.25) is 0 Å². The maximum atomic E-state index is 8.87. The minimum absolute atomic E-state index is 0.279. The highest BCUT2D eigenvalue weighted by Crippen LogP contribution is 2.25. The Labute approximate surface area is 96.5 Å². The van der Waals surface area contributed by atoms with Crippen LogP contribution < -0.4 is 11.1 Å². The van der Waals surface area contributed by atoms with E-state index in [4.69, 9.17) is 11.0 Å². The van der Waals surface area contributed by atoms with E-state index in [1.54, 1.807) is 10.9 Å². The molecule has 0 aliphatic heterocycles. The summed E-state index contributed by atoms with van der Waals surface area (Å²) >= 11 is 1.19. The minimum atomic E-state index is 0.279. The van der Waals surface area contributed by atoms with Gasteiger partial charge in [0.05, 0.1) is 6.20 Å². The first-order valence-electron chi connectivity index (χ1n) is 4.57. The molecular formula is C9H10N6S. The number of aromatic nitrogens is 3. The molecule has 0 atom stereocenters. The Balaban J connectivity index is 2.08. The molecule has 82 valence electrons. The Kier molecular flexibility index (Phi) is 2.74. The normalized spacial score (nSPS) is 10.0. The number of anilines is 2. The number of nitrogen functional groups attached to an aromatic ring is 1. The van der Waals surface area contributed by atoms with E-state index in [0.29, 0.717) is 17.1 Å². The number of rotatable bonds is 3. The molecule has 0 spiro atoms. The molecule has 0 bridgehead atoms. The van der Waals surface area contributed by atoms with Crippen LogP contribution in [0.25, 0.3) is 0 Å². The highest BCUT2D eigenvalue weighted by Gasteiger charge is 2.10. The number of nitrogens with one attached hydrogen (secondary N) is 1. The molecule has 2 aromatic heterocycles. The average Bonchev–Trinajstić information content (AvgIpc) is 2.82. The summed E-state index contributed by atoms with van der Waals surface area (Å²) in [6, 6.07) is 2.02. The van der Waals surface area contributed by atoms with Crippen molar-refractivity contribution in [1.29, 1.82) is 5.26 Å². The van der Waals surface area contributed by atoms with Crippen molar-refractivity contribution < 1.29 is 0 Å². The third kappa shape index (κ3) is 1.97. The molecule has 7 heteroatoms. The van der Waals surface area contributed by atoms with E-state index in [-0.39, 0.29) is 5.82 Å². The van der Waals surface area contributed by atoms with E-state index in [0.717, 1.165) is 5.56 Å². The van der Waals surface area contributed by atoms with Crippen LogP contribution in [0.4, 0.5) is 10.8 Å². The summed E-state index contributed by atoms with van der Waals surface area (Å²) in [6.45, 7) is 0.601. The Morgan fingerprint density at radius 2 is 2.50 bits per heavy atom. The molecule has 2 heterocycles. The van der Waals surface area contributed by atoms with Gasteiger partial charge in [0.2, 0.25) is 0 Å². The molecule has 6 nitrogen and oxygen atoms in total. The van der Waals surface area contributed by atoms with Crippen molar-refractivity contribution in [1.82, 2.24) is 14.2 Å². The largest absolute Gasteiger partial charge is 0.382 e. The minimum Gasteiger partial charge on any atom is -0.382 e. The van der Waals surface area contributed by atoms with Crippen LogP contribution in [0.15, 0.2) is 12.4 Å². The van der Waals surface area contributed by atoms with Crippen molar-refractivity contribution in [2.24, 2.45) is 7.05 Å². The molecule has 0 aliphatic carbocycles. The first-order chi connectivity index (χ1) is 7.70. The lowest BCUT2D eigenvalue weighted by Gasteiger charge is -2.00. The van der Waals surface area contributed by atoms with Gasteiger partial charge in [-0.05, 0) is 11.5 Å². The molecule has 0 fully saturated rings. The summed E-state index contributed by atoms with van der Waals surface area (Å²) in [5.41, 5.74) is 7.00. The van der Waals surface area contributed by atoms with Crippen LogP contribution in [0, 0.1) is 11.3 Å². The summed E-state index contributed by atoms with van der Waals surface area (Å²) in [5.74, 6) is 0.279. The summed E-state index contributed by atoms with van der Waals surface area (Å²) in [5, 5.41) is 16.7. The smallest absolute Gasteiger partial charge is 0.157 e. The fraction of sp³-hybridized carbons (Fsp3) is 0.222. The summed E-state index contributed by atoms with van der Waals surface area (Å²) in [7, 11) is 1.86. The molecule has 2 aromatic rings. The second kappa shape index (κ2) is 4.20. The lowest BCUT2D eigenvalue weighted by Crippen LogP contribution is -1.98. The fourth-order valence-corrected chi connectivity index (χ4v) is 1.94. The predicted octanol–water partition coefficient (Wildman–Crippen LogP) is 0.943. The molecule has 16 heavy (non-hydrogen) atoms. The van der Waals surface area contributed by atoms with E-state index >= 15 is 0 Å². The molecule has 0 radical (unpaired) electrons. The first-order valence-corrected chi connectivity index (χ1v) is 5.34. The molecule has 0 aliphatic rings. The zero-order chi connectivity index (χ0) is 11.5. The molecule has 0 saturated carbocycles. The van der Waals surface area contributed by atoms with Crippen LogP contribution in [0.5, 0.6) is 0 Å². The van der Waals surface area contributed by atoms with Gasteiger partial charge in [0, 0.05) is 25.4 Å². The predicted molar refractivity (Wildman–Crippen MR) is 61.8 cm³/mol.